The lowest BCUT2D eigenvalue weighted by Crippen LogP contribution is -2.60. The standard InChI is InChI=1S/C22H21F2N5O4S/c1-27-17-4-2-3-13(30)9-28(17)29-10-14(19(31)20(32)18(29)22(27)33)21-26-25-16(34-21)7-11-5-6-12(23)8-15(11)24/h5-6,8,10,13,17,30,32H,2-4,7,9H2,1H3/t13-,17-/m0/s1. The van der Waals surface area contributed by atoms with Crippen LogP contribution in [0.4, 0.5) is 8.78 Å². The third-order valence-corrected chi connectivity index (χ3v) is 7.16. The van der Waals surface area contributed by atoms with E-state index in [0.717, 1.165) is 23.5 Å². The highest BCUT2D eigenvalue weighted by atomic mass is 32.1. The van der Waals surface area contributed by atoms with Gasteiger partial charge >= 0.3 is 0 Å². The average Bonchev–Trinajstić information content (AvgIpc) is 3.16. The van der Waals surface area contributed by atoms with E-state index in [-0.39, 0.29) is 41.0 Å². The van der Waals surface area contributed by atoms with Crippen LogP contribution in [0.25, 0.3) is 10.6 Å². The fourth-order valence-electron chi connectivity index (χ4n) is 4.45. The summed E-state index contributed by atoms with van der Waals surface area (Å²) in [6, 6.07) is 3.25. The first kappa shape index (κ1) is 22.4. The number of hydrogen-bond acceptors (Lipinski definition) is 8. The van der Waals surface area contributed by atoms with Gasteiger partial charge in [0.1, 0.15) is 22.8 Å². The SMILES string of the molecule is CN1C(=O)c2c(O)c(=O)c(-c3nnc(Cc4ccc(F)cc4F)s3)cn2N2C[C@@H](O)CCC[C@@H]12. The summed E-state index contributed by atoms with van der Waals surface area (Å²) in [6.45, 7) is 0.211. The normalized spacial score (nSPS) is 20.2. The van der Waals surface area contributed by atoms with Crippen LogP contribution >= 0.6 is 11.3 Å². The van der Waals surface area contributed by atoms with E-state index in [1.165, 1.54) is 21.8 Å². The maximum Gasteiger partial charge on any atom is 0.277 e. The molecule has 5 rings (SSSR count). The average molecular weight is 490 g/mol. The lowest BCUT2D eigenvalue weighted by atomic mass is 10.1. The molecule has 0 spiro atoms. The van der Waals surface area contributed by atoms with E-state index in [1.54, 1.807) is 12.1 Å². The number of amides is 1. The van der Waals surface area contributed by atoms with E-state index in [9.17, 15) is 28.6 Å². The summed E-state index contributed by atoms with van der Waals surface area (Å²) in [6.07, 6.45) is 2.40. The number of carbonyl (C=O) groups is 1. The zero-order chi connectivity index (χ0) is 24.1. The Morgan fingerprint density at radius 3 is 2.76 bits per heavy atom. The fraction of sp³-hybridized carbons (Fsp3) is 0.364. The van der Waals surface area contributed by atoms with Crippen LogP contribution in [0.1, 0.15) is 40.3 Å². The molecule has 0 aliphatic carbocycles. The number of aliphatic hydroxyl groups excluding tert-OH is 1. The zero-order valence-corrected chi connectivity index (χ0v) is 18.9. The molecule has 1 aromatic carbocycles. The zero-order valence-electron chi connectivity index (χ0n) is 18.1. The quantitative estimate of drug-likeness (QED) is 0.577. The van der Waals surface area contributed by atoms with Crippen LogP contribution in [0.3, 0.4) is 0 Å². The number of aromatic nitrogens is 3. The van der Waals surface area contributed by atoms with Crippen LogP contribution in [-0.2, 0) is 6.42 Å². The largest absolute Gasteiger partial charge is 0.502 e. The van der Waals surface area contributed by atoms with Crippen molar-refractivity contribution in [1.82, 2.24) is 19.8 Å². The molecule has 2 aliphatic rings. The molecule has 0 bridgehead atoms. The van der Waals surface area contributed by atoms with Gasteiger partial charge in [0.2, 0.25) is 5.43 Å². The smallest absolute Gasteiger partial charge is 0.277 e. The molecule has 0 unspecified atom stereocenters. The number of aliphatic hydroxyl groups is 1. The van der Waals surface area contributed by atoms with E-state index >= 15 is 0 Å². The summed E-state index contributed by atoms with van der Waals surface area (Å²) < 4.78 is 28.6. The van der Waals surface area contributed by atoms with Crippen LogP contribution in [0.2, 0.25) is 0 Å². The van der Waals surface area contributed by atoms with Crippen molar-refractivity contribution in [3.8, 4) is 16.3 Å². The molecule has 2 atom stereocenters. The summed E-state index contributed by atoms with van der Waals surface area (Å²) in [5.74, 6) is -2.61. The van der Waals surface area contributed by atoms with E-state index in [0.29, 0.717) is 24.3 Å². The predicted molar refractivity (Wildman–Crippen MR) is 119 cm³/mol. The molecule has 1 amide bonds. The van der Waals surface area contributed by atoms with Gasteiger partial charge in [-0.25, -0.2) is 8.78 Å². The van der Waals surface area contributed by atoms with Gasteiger partial charge in [-0.15, -0.1) is 10.2 Å². The van der Waals surface area contributed by atoms with Crippen molar-refractivity contribution in [2.45, 2.75) is 38.0 Å². The van der Waals surface area contributed by atoms with Gasteiger partial charge in [-0.2, -0.15) is 0 Å². The molecule has 178 valence electrons. The molecule has 12 heteroatoms. The van der Waals surface area contributed by atoms with Crippen LogP contribution < -0.4 is 10.4 Å². The monoisotopic (exact) mass is 489 g/mol. The van der Waals surface area contributed by atoms with Crippen LogP contribution in [-0.4, -0.2) is 61.8 Å². The molecule has 2 aliphatic heterocycles. The minimum absolute atomic E-state index is 0.0272. The van der Waals surface area contributed by atoms with Crippen molar-refractivity contribution in [1.29, 1.82) is 0 Å². The number of fused-ring (bicyclic) bond motifs is 3. The Labute approximate surface area is 196 Å². The maximum atomic E-state index is 14.0. The number of aromatic hydroxyl groups is 1. The molecule has 2 N–H and O–H groups in total. The molecular formula is C22H21F2N5O4S. The van der Waals surface area contributed by atoms with Gasteiger partial charge in [0.25, 0.3) is 5.91 Å². The summed E-state index contributed by atoms with van der Waals surface area (Å²) in [5.41, 5.74) is -0.708. The Morgan fingerprint density at radius 2 is 2.00 bits per heavy atom. The van der Waals surface area contributed by atoms with Gasteiger partial charge in [0, 0.05) is 25.7 Å². The molecular weight excluding hydrogens is 468 g/mol. The number of nitrogens with zero attached hydrogens (tertiary/aromatic N) is 5. The Balaban J connectivity index is 1.56. The third kappa shape index (κ3) is 3.72. The first-order chi connectivity index (χ1) is 16.2. The lowest BCUT2D eigenvalue weighted by molar-refractivity contribution is 0.0614. The molecule has 1 fully saturated rings. The minimum atomic E-state index is -0.780. The van der Waals surface area contributed by atoms with E-state index in [4.69, 9.17) is 0 Å². The maximum absolute atomic E-state index is 14.0. The third-order valence-electron chi connectivity index (χ3n) is 6.21. The number of benzene rings is 1. The van der Waals surface area contributed by atoms with Crippen LogP contribution in [0.15, 0.2) is 29.2 Å². The Morgan fingerprint density at radius 1 is 1.21 bits per heavy atom. The molecule has 1 saturated heterocycles. The van der Waals surface area contributed by atoms with Crippen molar-refractivity contribution < 1.29 is 23.8 Å². The van der Waals surface area contributed by atoms with E-state index in [2.05, 4.69) is 10.2 Å². The number of carbonyl (C=O) groups excluding carboxylic acids is 1. The number of pyridine rings is 1. The van der Waals surface area contributed by atoms with E-state index < -0.39 is 34.8 Å². The topological polar surface area (TPSA) is 112 Å². The lowest BCUT2D eigenvalue weighted by Gasteiger charge is -2.44. The molecule has 0 radical (unpaired) electrons. The fourth-order valence-corrected chi connectivity index (χ4v) is 5.32. The summed E-state index contributed by atoms with van der Waals surface area (Å²) >= 11 is 1.03. The number of rotatable bonds is 3. The van der Waals surface area contributed by atoms with Crippen molar-refractivity contribution >= 4 is 17.2 Å². The van der Waals surface area contributed by atoms with Gasteiger partial charge in [-0.1, -0.05) is 17.4 Å². The van der Waals surface area contributed by atoms with E-state index in [1.807, 2.05) is 0 Å². The highest BCUT2D eigenvalue weighted by Gasteiger charge is 2.40. The van der Waals surface area contributed by atoms with Crippen molar-refractivity contribution in [2.24, 2.45) is 0 Å². The molecule has 9 nitrogen and oxygen atoms in total. The number of hydrogen-bond donors (Lipinski definition) is 2. The molecule has 0 saturated carbocycles. The molecule has 4 heterocycles. The van der Waals surface area contributed by atoms with Crippen molar-refractivity contribution in [3.05, 3.63) is 62.5 Å². The molecule has 34 heavy (non-hydrogen) atoms. The first-order valence-corrected chi connectivity index (χ1v) is 11.5. The van der Waals surface area contributed by atoms with Gasteiger partial charge in [0.15, 0.2) is 16.5 Å². The van der Waals surface area contributed by atoms with Crippen LogP contribution in [0.5, 0.6) is 5.75 Å². The summed E-state index contributed by atoms with van der Waals surface area (Å²) in [5, 5.41) is 31.4. The Kier molecular flexibility index (Phi) is 5.56. The van der Waals surface area contributed by atoms with Gasteiger partial charge < -0.3 is 15.1 Å². The van der Waals surface area contributed by atoms with Gasteiger partial charge in [-0.05, 0) is 30.9 Å². The second-order valence-electron chi connectivity index (χ2n) is 8.43. The molecule has 3 aromatic rings. The predicted octanol–water partition coefficient (Wildman–Crippen LogP) is 1.84. The second kappa shape index (κ2) is 8.44. The van der Waals surface area contributed by atoms with Crippen molar-refractivity contribution in [2.75, 3.05) is 18.6 Å². The summed E-state index contributed by atoms with van der Waals surface area (Å²) in [4.78, 5) is 27.4. The van der Waals surface area contributed by atoms with Gasteiger partial charge in [-0.3, -0.25) is 19.3 Å². The first-order valence-electron chi connectivity index (χ1n) is 10.7. The summed E-state index contributed by atoms with van der Waals surface area (Å²) in [7, 11) is 1.60. The molecule has 2 aromatic heterocycles. The highest BCUT2D eigenvalue weighted by Crippen LogP contribution is 2.31. The van der Waals surface area contributed by atoms with Gasteiger partial charge in [0.05, 0.1) is 18.2 Å². The van der Waals surface area contributed by atoms with Crippen LogP contribution in [0, 0.1) is 11.6 Å². The Bertz CT molecular complexity index is 1340. The second-order valence-corrected chi connectivity index (χ2v) is 9.49. The minimum Gasteiger partial charge on any atom is -0.502 e. The number of halogens is 2. The Hall–Kier alpha value is -3.38. The van der Waals surface area contributed by atoms with Crippen molar-refractivity contribution in [3.63, 3.8) is 0 Å². The highest BCUT2D eigenvalue weighted by molar-refractivity contribution is 7.14.